The second-order valence-corrected chi connectivity index (χ2v) is 8.91. The number of ketones is 1. The van der Waals surface area contributed by atoms with Crippen LogP contribution < -0.4 is 5.32 Å². The quantitative estimate of drug-likeness (QED) is 0.596. The molecule has 3 aromatic carbocycles. The van der Waals surface area contributed by atoms with Gasteiger partial charge in [0.15, 0.2) is 5.78 Å². The molecule has 1 saturated heterocycles. The van der Waals surface area contributed by atoms with E-state index in [4.69, 9.17) is 0 Å². The van der Waals surface area contributed by atoms with Crippen molar-refractivity contribution in [1.29, 1.82) is 0 Å². The van der Waals surface area contributed by atoms with E-state index in [0.717, 1.165) is 57.9 Å². The normalized spacial score (nSPS) is 16.8. The van der Waals surface area contributed by atoms with E-state index in [2.05, 4.69) is 81.8 Å². The summed E-state index contributed by atoms with van der Waals surface area (Å²) in [6.45, 7) is 7.71. The molecule has 0 bridgehead atoms. The molecule has 0 atom stereocenters. The van der Waals surface area contributed by atoms with Crippen molar-refractivity contribution in [2.24, 2.45) is 0 Å². The van der Waals surface area contributed by atoms with Gasteiger partial charge >= 0.3 is 0 Å². The number of hydrogen-bond donors (Lipinski definition) is 1. The van der Waals surface area contributed by atoms with Crippen LogP contribution in [-0.2, 0) is 19.6 Å². The van der Waals surface area contributed by atoms with Crippen LogP contribution >= 0.6 is 0 Å². The van der Waals surface area contributed by atoms with E-state index in [0.29, 0.717) is 6.42 Å². The largest absolute Gasteiger partial charge is 0.309 e. The Morgan fingerprint density at radius 2 is 1.44 bits per heavy atom. The number of piperazine rings is 1. The van der Waals surface area contributed by atoms with E-state index >= 15 is 0 Å². The Morgan fingerprint density at radius 1 is 0.750 bits per heavy atom. The number of rotatable bonds is 6. The molecule has 4 nitrogen and oxygen atoms in total. The first kappa shape index (κ1) is 21.1. The number of carbonyl (C=O) groups excluding carboxylic acids is 1. The number of Topliss-reactive ketones (excluding diaryl/α,β-unsaturated/α-hetero) is 1. The van der Waals surface area contributed by atoms with Gasteiger partial charge in [0.25, 0.3) is 0 Å². The van der Waals surface area contributed by atoms with E-state index < -0.39 is 0 Å². The van der Waals surface area contributed by atoms with Crippen molar-refractivity contribution in [3.05, 3.63) is 95.1 Å². The predicted octanol–water partition coefficient (Wildman–Crippen LogP) is 4.35. The zero-order chi connectivity index (χ0) is 21.8. The van der Waals surface area contributed by atoms with Crippen LogP contribution in [-0.4, -0.2) is 48.3 Å². The van der Waals surface area contributed by atoms with Crippen molar-refractivity contribution in [3.8, 4) is 11.1 Å². The van der Waals surface area contributed by atoms with Gasteiger partial charge in [0.2, 0.25) is 0 Å². The molecule has 1 fully saturated rings. The molecule has 164 valence electrons. The number of fused-ring (bicyclic) bond motifs is 3. The number of hydrogen-bond acceptors (Lipinski definition) is 4. The van der Waals surface area contributed by atoms with E-state index in [1.54, 1.807) is 0 Å². The van der Waals surface area contributed by atoms with Crippen LogP contribution in [0, 0.1) is 0 Å². The number of nitrogens with zero attached hydrogens (tertiary/aromatic N) is 2. The first-order valence-corrected chi connectivity index (χ1v) is 11.7. The van der Waals surface area contributed by atoms with Gasteiger partial charge in [0.05, 0.1) is 0 Å². The number of carbonyl (C=O) groups is 1. The predicted molar refractivity (Wildman–Crippen MR) is 130 cm³/mol. The summed E-state index contributed by atoms with van der Waals surface area (Å²) in [5.74, 6) is 0.247. The second-order valence-electron chi connectivity index (χ2n) is 8.91. The van der Waals surface area contributed by atoms with Gasteiger partial charge < -0.3 is 10.2 Å². The average molecular weight is 426 g/mol. The van der Waals surface area contributed by atoms with E-state index in [1.165, 1.54) is 27.8 Å². The average Bonchev–Trinajstić information content (AvgIpc) is 3.03. The molecule has 1 N–H and O–H groups in total. The monoisotopic (exact) mass is 425 g/mol. The van der Waals surface area contributed by atoms with Crippen LogP contribution in [0.25, 0.3) is 11.1 Å². The Kier molecular flexibility index (Phi) is 6.44. The minimum absolute atomic E-state index is 0.247. The SMILES string of the molecule is O=C(CCN1CCN(Cc2ccccc2)CC1)c1ccc2c(c1)CNCc1ccccc1-2. The maximum Gasteiger partial charge on any atom is 0.164 e. The minimum atomic E-state index is 0.247. The summed E-state index contributed by atoms with van der Waals surface area (Å²) in [5, 5.41) is 3.51. The Balaban J connectivity index is 1.16. The maximum absolute atomic E-state index is 13.0. The van der Waals surface area contributed by atoms with Crippen molar-refractivity contribution >= 4 is 5.78 Å². The molecule has 0 unspecified atom stereocenters. The minimum Gasteiger partial charge on any atom is -0.309 e. The molecule has 0 radical (unpaired) electrons. The molecule has 2 aliphatic heterocycles. The van der Waals surface area contributed by atoms with Crippen LogP contribution in [0.2, 0.25) is 0 Å². The fourth-order valence-electron chi connectivity index (χ4n) is 4.86. The highest BCUT2D eigenvalue weighted by Gasteiger charge is 2.19. The van der Waals surface area contributed by atoms with E-state index in [1.807, 2.05) is 6.07 Å². The summed E-state index contributed by atoms with van der Waals surface area (Å²) in [5.41, 5.74) is 7.27. The molecule has 0 spiro atoms. The molecule has 0 aliphatic carbocycles. The van der Waals surface area contributed by atoms with Gasteiger partial charge in [-0.25, -0.2) is 0 Å². The van der Waals surface area contributed by atoms with Crippen LogP contribution in [0.3, 0.4) is 0 Å². The number of benzene rings is 3. The molecule has 2 aliphatic rings. The summed E-state index contributed by atoms with van der Waals surface area (Å²) in [6, 6.07) is 25.5. The third kappa shape index (κ3) is 4.83. The highest BCUT2D eigenvalue weighted by Crippen LogP contribution is 2.30. The zero-order valence-electron chi connectivity index (χ0n) is 18.6. The van der Waals surface area contributed by atoms with Crippen molar-refractivity contribution in [2.45, 2.75) is 26.1 Å². The molecular formula is C28H31N3O. The lowest BCUT2D eigenvalue weighted by Gasteiger charge is -2.34. The van der Waals surface area contributed by atoms with Gasteiger partial charge in [0.1, 0.15) is 0 Å². The maximum atomic E-state index is 13.0. The van der Waals surface area contributed by atoms with Crippen molar-refractivity contribution in [2.75, 3.05) is 32.7 Å². The molecule has 4 heteroatoms. The molecular weight excluding hydrogens is 394 g/mol. The molecule has 0 amide bonds. The van der Waals surface area contributed by atoms with Gasteiger partial charge in [0, 0.05) is 64.3 Å². The molecule has 0 aromatic heterocycles. The topological polar surface area (TPSA) is 35.6 Å². The Hall–Kier alpha value is -2.79. The zero-order valence-corrected chi connectivity index (χ0v) is 18.6. The highest BCUT2D eigenvalue weighted by molar-refractivity contribution is 5.97. The smallest absolute Gasteiger partial charge is 0.164 e. The van der Waals surface area contributed by atoms with Gasteiger partial charge in [-0.1, -0.05) is 66.7 Å². The van der Waals surface area contributed by atoms with Gasteiger partial charge in [-0.15, -0.1) is 0 Å². The molecule has 3 aromatic rings. The fourth-order valence-corrected chi connectivity index (χ4v) is 4.86. The van der Waals surface area contributed by atoms with Crippen LogP contribution in [0.4, 0.5) is 0 Å². The Morgan fingerprint density at radius 3 is 2.28 bits per heavy atom. The second kappa shape index (κ2) is 9.78. The van der Waals surface area contributed by atoms with Crippen molar-refractivity contribution < 1.29 is 4.79 Å². The summed E-state index contributed by atoms with van der Waals surface area (Å²) in [4.78, 5) is 17.9. The Bertz CT molecular complexity index is 1070. The van der Waals surface area contributed by atoms with Gasteiger partial charge in [-0.05, 0) is 33.9 Å². The van der Waals surface area contributed by atoms with Crippen molar-refractivity contribution in [3.63, 3.8) is 0 Å². The lowest BCUT2D eigenvalue weighted by Crippen LogP contribution is -2.46. The van der Waals surface area contributed by atoms with Gasteiger partial charge in [-0.2, -0.15) is 0 Å². The number of nitrogens with one attached hydrogen (secondary N) is 1. The van der Waals surface area contributed by atoms with Crippen LogP contribution in [0.5, 0.6) is 0 Å². The Labute approximate surface area is 190 Å². The summed E-state index contributed by atoms with van der Waals surface area (Å²) < 4.78 is 0. The molecule has 2 heterocycles. The van der Waals surface area contributed by atoms with E-state index in [-0.39, 0.29) is 5.78 Å². The lowest BCUT2D eigenvalue weighted by molar-refractivity contribution is 0.0922. The fraction of sp³-hybridized carbons (Fsp3) is 0.321. The lowest BCUT2D eigenvalue weighted by atomic mass is 9.94. The first-order valence-electron chi connectivity index (χ1n) is 11.7. The standard InChI is InChI=1S/C28H31N3O/c32-28(12-13-30-14-16-31(17-15-30)21-22-6-2-1-3-7-22)23-10-11-27-25(18-23)20-29-19-24-8-4-5-9-26(24)27/h1-11,18,29H,12-17,19-21H2. The summed E-state index contributed by atoms with van der Waals surface area (Å²) in [7, 11) is 0. The van der Waals surface area contributed by atoms with E-state index in [9.17, 15) is 4.79 Å². The summed E-state index contributed by atoms with van der Waals surface area (Å²) in [6.07, 6.45) is 0.585. The highest BCUT2D eigenvalue weighted by atomic mass is 16.1. The summed E-state index contributed by atoms with van der Waals surface area (Å²) >= 11 is 0. The first-order chi connectivity index (χ1) is 15.8. The third-order valence-electron chi connectivity index (χ3n) is 6.73. The molecule has 32 heavy (non-hydrogen) atoms. The van der Waals surface area contributed by atoms with Crippen molar-refractivity contribution in [1.82, 2.24) is 15.1 Å². The molecule has 5 rings (SSSR count). The molecule has 0 saturated carbocycles. The van der Waals surface area contributed by atoms with Crippen LogP contribution in [0.15, 0.2) is 72.8 Å². The third-order valence-corrected chi connectivity index (χ3v) is 6.73. The van der Waals surface area contributed by atoms with Gasteiger partial charge in [-0.3, -0.25) is 9.69 Å². The van der Waals surface area contributed by atoms with Crippen LogP contribution in [0.1, 0.15) is 33.5 Å².